The second-order valence-electron chi connectivity index (χ2n) is 5.50. The average molecular weight is 334 g/mol. The number of carbonyl (C=O) groups is 1. The number of thioether (sulfide) groups is 1. The van der Waals surface area contributed by atoms with Gasteiger partial charge in [0.2, 0.25) is 0 Å². The van der Waals surface area contributed by atoms with Crippen molar-refractivity contribution in [2.24, 2.45) is 0 Å². The molecule has 0 aliphatic rings. The summed E-state index contributed by atoms with van der Waals surface area (Å²) in [6, 6.07) is 27.3. The topological polar surface area (TPSA) is 37.3 Å². The summed E-state index contributed by atoms with van der Waals surface area (Å²) in [4.78, 5) is 13.0. The van der Waals surface area contributed by atoms with Gasteiger partial charge in [0, 0.05) is 11.3 Å². The van der Waals surface area contributed by atoms with E-state index in [2.05, 4.69) is 0 Å². The van der Waals surface area contributed by atoms with E-state index >= 15 is 0 Å². The van der Waals surface area contributed by atoms with Crippen LogP contribution in [0, 0.1) is 0 Å². The molecule has 120 valence electrons. The molecule has 0 aliphatic heterocycles. The van der Waals surface area contributed by atoms with E-state index in [0.717, 1.165) is 21.6 Å². The second kappa shape index (κ2) is 7.95. The van der Waals surface area contributed by atoms with Crippen molar-refractivity contribution in [2.45, 2.75) is 17.4 Å². The molecule has 0 aromatic heterocycles. The first-order valence-electron chi connectivity index (χ1n) is 7.81. The first-order valence-corrected chi connectivity index (χ1v) is 8.63. The number of benzene rings is 3. The first kappa shape index (κ1) is 16.5. The van der Waals surface area contributed by atoms with E-state index in [1.807, 2.05) is 84.9 Å². The highest BCUT2D eigenvalue weighted by atomic mass is 32.2. The Morgan fingerprint density at radius 2 is 1.33 bits per heavy atom. The molecule has 1 atom stereocenters. The molecule has 24 heavy (non-hydrogen) atoms. The number of aliphatic hydroxyl groups is 1. The molecule has 0 spiro atoms. The molecule has 3 heteroatoms. The van der Waals surface area contributed by atoms with Gasteiger partial charge in [0.1, 0.15) is 0 Å². The van der Waals surface area contributed by atoms with Crippen molar-refractivity contribution < 1.29 is 9.90 Å². The van der Waals surface area contributed by atoms with Gasteiger partial charge in [-0.3, -0.25) is 4.79 Å². The van der Waals surface area contributed by atoms with Crippen LogP contribution in [0.25, 0.3) is 11.1 Å². The maximum Gasteiger partial charge on any atom is 0.196 e. The smallest absolute Gasteiger partial charge is 0.196 e. The van der Waals surface area contributed by atoms with Gasteiger partial charge in [-0.05, 0) is 28.8 Å². The predicted molar refractivity (Wildman–Crippen MR) is 98.8 cm³/mol. The Labute approximate surface area is 146 Å². The van der Waals surface area contributed by atoms with Gasteiger partial charge in [-0.2, -0.15) is 0 Å². The van der Waals surface area contributed by atoms with Gasteiger partial charge < -0.3 is 5.11 Å². The third-order valence-corrected chi connectivity index (χ3v) is 4.64. The van der Waals surface area contributed by atoms with Crippen LogP contribution < -0.4 is 0 Å². The number of hydrogen-bond acceptors (Lipinski definition) is 3. The highest BCUT2D eigenvalue weighted by molar-refractivity contribution is 8.13. The van der Waals surface area contributed by atoms with E-state index in [-0.39, 0.29) is 11.5 Å². The molecule has 3 aromatic carbocycles. The van der Waals surface area contributed by atoms with E-state index in [1.165, 1.54) is 11.8 Å². The van der Waals surface area contributed by atoms with Crippen molar-refractivity contribution in [3.05, 3.63) is 90.5 Å². The summed E-state index contributed by atoms with van der Waals surface area (Å²) in [5, 5.41) is 10.3. The number of aliphatic hydroxyl groups excluding tert-OH is 1. The maximum absolute atomic E-state index is 12.1. The van der Waals surface area contributed by atoms with Crippen LogP contribution in [0.1, 0.15) is 18.1 Å². The van der Waals surface area contributed by atoms with E-state index in [9.17, 15) is 9.90 Å². The van der Waals surface area contributed by atoms with Crippen LogP contribution in [0.15, 0.2) is 89.8 Å². The second-order valence-corrected chi connectivity index (χ2v) is 6.63. The highest BCUT2D eigenvalue weighted by Crippen LogP contribution is 2.27. The Morgan fingerprint density at radius 1 is 0.792 bits per heavy atom. The molecule has 2 nitrogen and oxygen atoms in total. The molecule has 0 radical (unpaired) electrons. The third kappa shape index (κ3) is 4.34. The lowest BCUT2D eigenvalue weighted by atomic mass is 10.0. The zero-order chi connectivity index (χ0) is 16.8. The van der Waals surface area contributed by atoms with Gasteiger partial charge in [-0.25, -0.2) is 0 Å². The molecular formula is C21H18O2S. The van der Waals surface area contributed by atoms with E-state index < -0.39 is 6.10 Å². The van der Waals surface area contributed by atoms with Crippen LogP contribution in [0.3, 0.4) is 0 Å². The fraction of sp³-hybridized carbons (Fsp3) is 0.0952. The van der Waals surface area contributed by atoms with Gasteiger partial charge in [0.05, 0.1) is 6.10 Å². The molecule has 0 aliphatic carbocycles. The molecule has 0 fully saturated rings. The van der Waals surface area contributed by atoms with Crippen molar-refractivity contribution in [1.29, 1.82) is 0 Å². The summed E-state index contributed by atoms with van der Waals surface area (Å²) in [5.74, 6) is 0. The molecule has 0 saturated carbocycles. The molecule has 3 aromatic rings. The minimum absolute atomic E-state index is 0.0409. The summed E-state index contributed by atoms with van der Waals surface area (Å²) in [5.41, 5.74) is 2.99. The lowest BCUT2D eigenvalue weighted by molar-refractivity contribution is -0.112. The van der Waals surface area contributed by atoms with E-state index in [4.69, 9.17) is 0 Å². The Balaban J connectivity index is 1.63. The summed E-state index contributed by atoms with van der Waals surface area (Å²) in [7, 11) is 0. The standard InChI is InChI=1S/C21H18O2S/c22-20(15-21(23)24-19-9-5-2-6-10-19)18-13-11-17(12-14-18)16-7-3-1-4-8-16/h1-14,20,22H,15H2/t20-/m1/s1. The zero-order valence-electron chi connectivity index (χ0n) is 13.1. The fourth-order valence-electron chi connectivity index (χ4n) is 2.47. The van der Waals surface area contributed by atoms with Gasteiger partial charge in [-0.15, -0.1) is 0 Å². The van der Waals surface area contributed by atoms with Crippen molar-refractivity contribution in [2.75, 3.05) is 0 Å². The van der Waals surface area contributed by atoms with Crippen molar-refractivity contribution >= 4 is 16.9 Å². The van der Waals surface area contributed by atoms with Gasteiger partial charge in [-0.1, -0.05) is 84.6 Å². The van der Waals surface area contributed by atoms with Crippen molar-refractivity contribution in [3.63, 3.8) is 0 Å². The molecule has 0 unspecified atom stereocenters. The van der Waals surface area contributed by atoms with Crippen molar-refractivity contribution in [3.8, 4) is 11.1 Å². The average Bonchev–Trinajstić information content (AvgIpc) is 2.63. The highest BCUT2D eigenvalue weighted by Gasteiger charge is 2.14. The minimum atomic E-state index is -0.779. The van der Waals surface area contributed by atoms with Crippen LogP contribution in [0.2, 0.25) is 0 Å². The SMILES string of the molecule is O=C(C[C@@H](O)c1ccc(-c2ccccc2)cc1)Sc1ccccc1. The summed E-state index contributed by atoms with van der Waals surface area (Å²) < 4.78 is 0. The van der Waals surface area contributed by atoms with E-state index in [0.29, 0.717) is 0 Å². The predicted octanol–water partition coefficient (Wildman–Crippen LogP) is 5.10. The lowest BCUT2D eigenvalue weighted by Gasteiger charge is -2.11. The van der Waals surface area contributed by atoms with Gasteiger partial charge >= 0.3 is 0 Å². The van der Waals surface area contributed by atoms with Crippen LogP contribution in [0.4, 0.5) is 0 Å². The zero-order valence-corrected chi connectivity index (χ0v) is 13.9. The molecule has 3 rings (SSSR count). The van der Waals surface area contributed by atoms with Crippen LogP contribution in [-0.4, -0.2) is 10.2 Å². The Kier molecular flexibility index (Phi) is 5.47. The Bertz CT molecular complexity index is 783. The summed E-state index contributed by atoms with van der Waals surface area (Å²) in [6.07, 6.45) is -0.678. The summed E-state index contributed by atoms with van der Waals surface area (Å²) >= 11 is 1.17. The molecule has 0 heterocycles. The number of rotatable bonds is 5. The van der Waals surface area contributed by atoms with Gasteiger partial charge in [0.25, 0.3) is 0 Å². The van der Waals surface area contributed by atoms with E-state index in [1.54, 1.807) is 0 Å². The minimum Gasteiger partial charge on any atom is -0.388 e. The quantitative estimate of drug-likeness (QED) is 0.660. The number of hydrogen-bond donors (Lipinski definition) is 1. The van der Waals surface area contributed by atoms with Gasteiger partial charge in [0.15, 0.2) is 5.12 Å². The largest absolute Gasteiger partial charge is 0.388 e. The van der Waals surface area contributed by atoms with Crippen molar-refractivity contribution in [1.82, 2.24) is 0 Å². The maximum atomic E-state index is 12.1. The third-order valence-electron chi connectivity index (χ3n) is 3.74. The molecule has 0 bridgehead atoms. The van der Waals surface area contributed by atoms with Crippen LogP contribution in [0.5, 0.6) is 0 Å². The lowest BCUT2D eigenvalue weighted by Crippen LogP contribution is -2.03. The Morgan fingerprint density at radius 3 is 1.96 bits per heavy atom. The summed E-state index contributed by atoms with van der Waals surface area (Å²) in [6.45, 7) is 0. The first-order chi connectivity index (χ1) is 11.7. The molecule has 0 amide bonds. The monoisotopic (exact) mass is 334 g/mol. The molecular weight excluding hydrogens is 316 g/mol. The fourth-order valence-corrected chi connectivity index (χ4v) is 3.26. The Hall–Kier alpha value is -2.36. The molecule has 0 saturated heterocycles. The number of carbonyl (C=O) groups excluding carboxylic acids is 1. The normalized spacial score (nSPS) is 11.9. The van der Waals surface area contributed by atoms with Crippen LogP contribution in [-0.2, 0) is 4.79 Å². The van der Waals surface area contributed by atoms with Crippen LogP contribution >= 0.6 is 11.8 Å². The molecule has 1 N–H and O–H groups in total.